The normalized spacial score (nSPS) is 12.1. The van der Waals surface area contributed by atoms with Gasteiger partial charge in [0.1, 0.15) is 5.82 Å². The van der Waals surface area contributed by atoms with Crippen LogP contribution in [0.15, 0.2) is 42.5 Å². The molecule has 0 radical (unpaired) electrons. The van der Waals surface area contributed by atoms with Crippen LogP contribution in [0.2, 0.25) is 0 Å². The summed E-state index contributed by atoms with van der Waals surface area (Å²) in [7, 11) is -4.07. The topological polar surface area (TPSA) is 78.5 Å². The lowest BCUT2D eigenvalue weighted by atomic mass is 10.1. The Labute approximate surface area is 173 Å². The van der Waals surface area contributed by atoms with Gasteiger partial charge in [-0.25, -0.2) is 18.2 Å². The van der Waals surface area contributed by atoms with Gasteiger partial charge in [0.25, 0.3) is 0 Å². The molecule has 0 saturated carbocycles. The van der Waals surface area contributed by atoms with Gasteiger partial charge in [0, 0.05) is 12.1 Å². The lowest BCUT2D eigenvalue weighted by molar-refractivity contribution is -0.137. The fourth-order valence-electron chi connectivity index (χ4n) is 2.51. The smallest absolute Gasteiger partial charge is 0.286 e. The monoisotopic (exact) mass is 469 g/mol. The first kappa shape index (κ1) is 24.5. The number of hydrogen-bond donors (Lipinski definition) is 2. The van der Waals surface area contributed by atoms with E-state index < -0.39 is 46.5 Å². The molecule has 0 heterocycles. The number of alkyl halides is 5. The summed E-state index contributed by atoms with van der Waals surface area (Å²) in [5.41, 5.74) is 2.64. The Morgan fingerprint density at radius 3 is 2.35 bits per heavy atom. The van der Waals surface area contributed by atoms with Gasteiger partial charge in [0.2, 0.25) is 10.0 Å². The second kappa shape index (κ2) is 9.56. The number of nitrogens with one attached hydrogen (secondary N) is 2. The average Bonchev–Trinajstić information content (AvgIpc) is 2.65. The molecule has 0 aromatic heterocycles. The average molecular weight is 469 g/mol. The largest absolute Gasteiger partial charge is 0.416 e. The van der Waals surface area contributed by atoms with Crippen molar-refractivity contribution in [3.05, 3.63) is 65.0 Å². The molecule has 31 heavy (non-hydrogen) atoms. The number of nitrogens with zero attached hydrogens (tertiary/aromatic N) is 1. The molecule has 0 aliphatic carbocycles. The van der Waals surface area contributed by atoms with E-state index in [4.69, 9.17) is 0 Å². The van der Waals surface area contributed by atoms with E-state index in [0.29, 0.717) is 10.4 Å². The minimum atomic E-state index is -4.70. The van der Waals surface area contributed by atoms with Crippen LogP contribution < -0.4 is 15.2 Å². The number of halogens is 6. The minimum absolute atomic E-state index is 0.136. The van der Waals surface area contributed by atoms with Crippen molar-refractivity contribution in [1.29, 1.82) is 0 Å². The van der Waals surface area contributed by atoms with Gasteiger partial charge in [0.05, 0.1) is 24.1 Å². The number of anilines is 1. The highest BCUT2D eigenvalue weighted by atomic mass is 32.2. The molecule has 6 nitrogen and oxygen atoms in total. The third kappa shape index (κ3) is 6.85. The highest BCUT2D eigenvalue weighted by molar-refractivity contribution is 7.92. The molecule has 0 fully saturated rings. The fraction of sp³-hybridized carbons (Fsp3) is 0.278. The highest BCUT2D eigenvalue weighted by Crippen LogP contribution is 2.32. The van der Waals surface area contributed by atoms with E-state index in [-0.39, 0.29) is 23.4 Å². The Kier molecular flexibility index (Phi) is 7.54. The van der Waals surface area contributed by atoms with E-state index in [2.05, 4.69) is 5.43 Å². The summed E-state index contributed by atoms with van der Waals surface area (Å²) in [5, 5.41) is 0. The van der Waals surface area contributed by atoms with Crippen molar-refractivity contribution in [1.82, 2.24) is 10.9 Å². The molecule has 2 rings (SSSR count). The first-order valence-electron chi connectivity index (χ1n) is 8.52. The van der Waals surface area contributed by atoms with Crippen LogP contribution in [0.25, 0.3) is 0 Å². The zero-order valence-corrected chi connectivity index (χ0v) is 16.7. The van der Waals surface area contributed by atoms with Gasteiger partial charge in [-0.2, -0.15) is 22.0 Å². The van der Waals surface area contributed by atoms with Gasteiger partial charge in [-0.3, -0.25) is 14.5 Å². The summed E-state index contributed by atoms with van der Waals surface area (Å²) in [4.78, 5) is 10.8. The molecular weight excluding hydrogens is 452 g/mol. The molecule has 0 unspecified atom stereocenters. The summed E-state index contributed by atoms with van der Waals surface area (Å²) in [6, 6.07) is 7.12. The molecule has 0 spiro atoms. The molecule has 1 amide bonds. The molecule has 0 saturated heterocycles. The Hall–Kier alpha value is -2.80. The van der Waals surface area contributed by atoms with Gasteiger partial charge in [-0.1, -0.05) is 18.2 Å². The third-order valence-corrected chi connectivity index (χ3v) is 5.14. The van der Waals surface area contributed by atoms with E-state index in [1.54, 1.807) is 5.43 Å². The Bertz CT molecular complexity index is 1040. The second-order valence-corrected chi connectivity index (χ2v) is 8.29. The van der Waals surface area contributed by atoms with Crippen molar-refractivity contribution in [2.75, 3.05) is 10.6 Å². The van der Waals surface area contributed by atoms with Gasteiger partial charge in [0.15, 0.2) is 0 Å². The van der Waals surface area contributed by atoms with Crippen LogP contribution in [0.5, 0.6) is 0 Å². The highest BCUT2D eigenvalue weighted by Gasteiger charge is 2.31. The van der Waals surface area contributed by atoms with Crippen LogP contribution in [-0.4, -0.2) is 27.0 Å². The van der Waals surface area contributed by atoms with Crippen molar-refractivity contribution in [2.24, 2.45) is 0 Å². The molecule has 0 bridgehead atoms. The van der Waals surface area contributed by atoms with E-state index >= 15 is 0 Å². The Balaban J connectivity index is 2.22. The van der Waals surface area contributed by atoms with Crippen molar-refractivity contribution < 1.29 is 39.6 Å². The SMILES string of the molecule is CS(=O)(=O)N(Cc1ccc(CNNC(=O)C(F)F)cc1F)c1cccc(C(F)(F)F)c1. The van der Waals surface area contributed by atoms with Crippen molar-refractivity contribution in [3.63, 3.8) is 0 Å². The summed E-state index contributed by atoms with van der Waals surface area (Å²) in [6.07, 6.45) is -7.15. The molecule has 2 aromatic carbocycles. The standard InChI is InChI=1S/C18H17F6N3O3S/c1-31(29,30)27(14-4-2-3-13(8-14)18(22,23)24)10-12-6-5-11(7-15(12)19)9-25-26-17(28)16(20)21/h2-8,16,25H,9-10H2,1H3,(H,26,28). The predicted octanol–water partition coefficient (Wildman–Crippen LogP) is 3.20. The van der Waals surface area contributed by atoms with Crippen LogP contribution in [0.4, 0.5) is 32.0 Å². The zero-order valence-electron chi connectivity index (χ0n) is 15.9. The summed E-state index contributed by atoms with van der Waals surface area (Å²) in [6.45, 7) is -0.791. The third-order valence-electron chi connectivity index (χ3n) is 4.00. The summed E-state index contributed by atoms with van der Waals surface area (Å²) >= 11 is 0. The number of benzene rings is 2. The maximum absolute atomic E-state index is 14.5. The number of hydrazine groups is 1. The quantitative estimate of drug-likeness (QED) is 0.460. The van der Waals surface area contributed by atoms with E-state index in [1.165, 1.54) is 12.1 Å². The first-order chi connectivity index (χ1) is 14.3. The van der Waals surface area contributed by atoms with E-state index in [9.17, 15) is 39.6 Å². The second-order valence-electron chi connectivity index (χ2n) is 6.39. The number of carbonyl (C=O) groups excluding carboxylic acids is 1. The van der Waals surface area contributed by atoms with Crippen LogP contribution in [0.1, 0.15) is 16.7 Å². The number of hydrogen-bond acceptors (Lipinski definition) is 4. The van der Waals surface area contributed by atoms with Gasteiger partial charge >= 0.3 is 18.5 Å². The van der Waals surface area contributed by atoms with Crippen LogP contribution in [0, 0.1) is 5.82 Å². The number of amides is 1. The summed E-state index contributed by atoms with van der Waals surface area (Å²) < 4.78 is 102. The fourth-order valence-corrected chi connectivity index (χ4v) is 3.38. The molecule has 0 atom stereocenters. The molecule has 0 aliphatic rings. The van der Waals surface area contributed by atoms with Crippen molar-refractivity contribution >= 4 is 21.6 Å². The summed E-state index contributed by atoms with van der Waals surface area (Å²) in [5.74, 6) is -2.44. The van der Waals surface area contributed by atoms with Gasteiger partial charge in [-0.15, -0.1) is 0 Å². The van der Waals surface area contributed by atoms with Crippen LogP contribution in [0.3, 0.4) is 0 Å². The molecule has 170 valence electrons. The Morgan fingerprint density at radius 2 is 1.81 bits per heavy atom. The van der Waals surface area contributed by atoms with Crippen molar-refractivity contribution in [3.8, 4) is 0 Å². The lowest BCUT2D eigenvalue weighted by Gasteiger charge is -2.24. The molecule has 2 N–H and O–H groups in total. The van der Waals surface area contributed by atoms with Crippen LogP contribution in [-0.2, 0) is 34.1 Å². The molecule has 2 aromatic rings. The van der Waals surface area contributed by atoms with E-state index in [1.807, 2.05) is 0 Å². The van der Waals surface area contributed by atoms with Gasteiger partial charge < -0.3 is 0 Å². The van der Waals surface area contributed by atoms with E-state index in [0.717, 1.165) is 30.5 Å². The zero-order chi connectivity index (χ0) is 23.4. The van der Waals surface area contributed by atoms with Crippen molar-refractivity contribution in [2.45, 2.75) is 25.7 Å². The van der Waals surface area contributed by atoms with Gasteiger partial charge in [-0.05, 0) is 29.8 Å². The number of carbonyl (C=O) groups is 1. The number of sulfonamides is 1. The molecular formula is C18H17F6N3O3S. The minimum Gasteiger partial charge on any atom is -0.286 e. The van der Waals surface area contributed by atoms with Crippen LogP contribution >= 0.6 is 0 Å². The predicted molar refractivity (Wildman–Crippen MR) is 99.9 cm³/mol. The molecule has 0 aliphatic heterocycles. The maximum atomic E-state index is 14.5. The lowest BCUT2D eigenvalue weighted by Crippen LogP contribution is -2.40. The molecule has 13 heteroatoms. The Morgan fingerprint density at radius 1 is 1.13 bits per heavy atom. The number of rotatable bonds is 8. The first-order valence-corrected chi connectivity index (χ1v) is 10.4. The maximum Gasteiger partial charge on any atom is 0.416 e.